The summed E-state index contributed by atoms with van der Waals surface area (Å²) in [6, 6.07) is 12.4. The predicted octanol–water partition coefficient (Wildman–Crippen LogP) is 5.15. The number of hydrogen-bond donors (Lipinski definition) is 1. The first kappa shape index (κ1) is 18.7. The second-order valence-electron chi connectivity index (χ2n) is 6.22. The van der Waals surface area contributed by atoms with Gasteiger partial charge in [0.1, 0.15) is 5.75 Å². The predicted molar refractivity (Wildman–Crippen MR) is 112 cm³/mol. The molecule has 1 aromatic heterocycles. The van der Waals surface area contributed by atoms with Crippen molar-refractivity contribution in [1.29, 1.82) is 0 Å². The number of thiophene rings is 1. The third-order valence-electron chi connectivity index (χ3n) is 4.50. The van der Waals surface area contributed by atoms with E-state index in [1.165, 1.54) is 12.7 Å². The van der Waals surface area contributed by atoms with E-state index in [0.717, 1.165) is 22.6 Å². The van der Waals surface area contributed by atoms with Crippen LogP contribution >= 0.6 is 27.3 Å². The number of methoxy groups -OCH3 is 1. The van der Waals surface area contributed by atoms with Gasteiger partial charge in [-0.15, -0.1) is 11.3 Å². The van der Waals surface area contributed by atoms with Crippen LogP contribution in [0.4, 0.5) is 5.69 Å². The van der Waals surface area contributed by atoms with E-state index in [0.29, 0.717) is 27.9 Å². The zero-order chi connectivity index (χ0) is 19.7. The lowest BCUT2D eigenvalue weighted by molar-refractivity contribution is 0.0600. The highest BCUT2D eigenvalue weighted by Crippen LogP contribution is 2.41. The number of amides is 1. The summed E-state index contributed by atoms with van der Waals surface area (Å²) in [6.45, 7) is 0.612. The summed E-state index contributed by atoms with van der Waals surface area (Å²) in [6.07, 6.45) is 0.846. The van der Waals surface area contributed by atoms with E-state index in [1.54, 1.807) is 35.6 Å². The fraction of sp³-hybridized carbons (Fsp3) is 0.143. The van der Waals surface area contributed by atoms with E-state index in [1.807, 2.05) is 12.1 Å². The van der Waals surface area contributed by atoms with Gasteiger partial charge in [-0.25, -0.2) is 4.79 Å². The Hall–Kier alpha value is -2.64. The standard InChI is InChI=1S/C21H16BrNO4S/c1-26-21(25)13-2-4-14(5-3-13)23-20(24)15-10-16-18(11-17(15)22)27-8-6-12-7-9-28-19(12)16/h2-5,7,9-11H,6,8H2,1H3,(H,23,24). The van der Waals surface area contributed by atoms with Gasteiger partial charge in [0.25, 0.3) is 5.91 Å². The van der Waals surface area contributed by atoms with Crippen molar-refractivity contribution in [2.24, 2.45) is 0 Å². The average Bonchev–Trinajstić information content (AvgIpc) is 3.09. The Bertz CT molecular complexity index is 1060. The number of anilines is 1. The van der Waals surface area contributed by atoms with Gasteiger partial charge in [-0.1, -0.05) is 0 Å². The second-order valence-corrected chi connectivity index (χ2v) is 8.00. The Balaban J connectivity index is 1.63. The molecule has 1 amide bonds. The molecular formula is C21H16BrNO4S. The molecule has 2 aromatic carbocycles. The molecule has 3 aromatic rings. The lowest BCUT2D eigenvalue weighted by atomic mass is 10.0. The maximum atomic E-state index is 12.9. The van der Waals surface area contributed by atoms with E-state index in [9.17, 15) is 9.59 Å². The Kier molecular flexibility index (Phi) is 5.19. The molecule has 0 atom stereocenters. The SMILES string of the molecule is COC(=O)c1ccc(NC(=O)c2cc3c(cc2Br)OCCc2ccsc2-3)cc1. The number of nitrogens with one attached hydrogen (secondary N) is 1. The first-order valence-electron chi connectivity index (χ1n) is 8.59. The highest BCUT2D eigenvalue weighted by atomic mass is 79.9. The van der Waals surface area contributed by atoms with Crippen LogP contribution in [0, 0.1) is 0 Å². The fourth-order valence-electron chi connectivity index (χ4n) is 3.07. The molecule has 142 valence electrons. The van der Waals surface area contributed by atoms with Gasteiger partial charge in [0, 0.05) is 27.0 Å². The van der Waals surface area contributed by atoms with Crippen LogP contribution in [0.2, 0.25) is 0 Å². The molecule has 0 aliphatic carbocycles. The molecular weight excluding hydrogens is 442 g/mol. The van der Waals surface area contributed by atoms with Gasteiger partial charge in [-0.3, -0.25) is 4.79 Å². The minimum Gasteiger partial charge on any atom is -0.493 e. The van der Waals surface area contributed by atoms with Crippen molar-refractivity contribution in [2.75, 3.05) is 19.0 Å². The van der Waals surface area contributed by atoms with Crippen molar-refractivity contribution in [3.63, 3.8) is 0 Å². The van der Waals surface area contributed by atoms with Crippen molar-refractivity contribution in [2.45, 2.75) is 6.42 Å². The summed E-state index contributed by atoms with van der Waals surface area (Å²) in [4.78, 5) is 25.5. The van der Waals surface area contributed by atoms with E-state index < -0.39 is 5.97 Å². The normalized spacial score (nSPS) is 12.2. The van der Waals surface area contributed by atoms with E-state index in [2.05, 4.69) is 37.4 Å². The number of hydrogen-bond acceptors (Lipinski definition) is 5. The van der Waals surface area contributed by atoms with E-state index in [4.69, 9.17) is 4.74 Å². The van der Waals surface area contributed by atoms with E-state index in [-0.39, 0.29) is 5.91 Å². The summed E-state index contributed by atoms with van der Waals surface area (Å²) in [7, 11) is 1.33. The van der Waals surface area contributed by atoms with Gasteiger partial charge in [0.15, 0.2) is 0 Å². The zero-order valence-electron chi connectivity index (χ0n) is 15.0. The zero-order valence-corrected chi connectivity index (χ0v) is 17.4. The molecule has 0 bridgehead atoms. The summed E-state index contributed by atoms with van der Waals surface area (Å²) >= 11 is 5.13. The number of halogens is 1. The van der Waals surface area contributed by atoms with Crippen molar-refractivity contribution < 1.29 is 19.1 Å². The molecule has 1 N–H and O–H groups in total. The summed E-state index contributed by atoms with van der Waals surface area (Å²) < 4.78 is 11.2. The summed E-state index contributed by atoms with van der Waals surface area (Å²) in [5.74, 6) is 0.105. The highest BCUT2D eigenvalue weighted by molar-refractivity contribution is 9.10. The number of benzene rings is 2. The van der Waals surface area contributed by atoms with Crippen LogP contribution in [0.25, 0.3) is 10.4 Å². The quantitative estimate of drug-likeness (QED) is 0.552. The second kappa shape index (κ2) is 7.77. The fourth-order valence-corrected chi connectivity index (χ4v) is 4.55. The van der Waals surface area contributed by atoms with Crippen LogP contribution < -0.4 is 10.1 Å². The number of ether oxygens (including phenoxy) is 2. The van der Waals surface area contributed by atoms with Gasteiger partial charge in [0.05, 0.1) is 24.8 Å². The Morgan fingerprint density at radius 2 is 1.96 bits per heavy atom. The van der Waals surface area contributed by atoms with Crippen LogP contribution in [0.15, 0.2) is 52.3 Å². The third kappa shape index (κ3) is 3.55. The molecule has 1 aliphatic rings. The molecule has 5 nitrogen and oxygen atoms in total. The number of carbonyl (C=O) groups excluding carboxylic acids is 2. The molecule has 4 rings (SSSR count). The maximum Gasteiger partial charge on any atom is 0.337 e. The van der Waals surface area contributed by atoms with Crippen LogP contribution in [0.5, 0.6) is 5.75 Å². The van der Waals surface area contributed by atoms with Crippen LogP contribution in [0.1, 0.15) is 26.3 Å². The van der Waals surface area contributed by atoms with Gasteiger partial charge in [-0.05, 0) is 69.3 Å². The Morgan fingerprint density at radius 1 is 1.18 bits per heavy atom. The average molecular weight is 458 g/mol. The molecule has 0 radical (unpaired) electrons. The van der Waals surface area contributed by atoms with Crippen LogP contribution in [-0.2, 0) is 11.2 Å². The van der Waals surface area contributed by atoms with Gasteiger partial charge < -0.3 is 14.8 Å². The topological polar surface area (TPSA) is 64.6 Å². The molecule has 0 saturated carbocycles. The van der Waals surface area contributed by atoms with Crippen molar-refractivity contribution in [3.8, 4) is 16.2 Å². The van der Waals surface area contributed by atoms with E-state index >= 15 is 0 Å². The number of fused-ring (bicyclic) bond motifs is 3. The van der Waals surface area contributed by atoms with Crippen LogP contribution in [-0.4, -0.2) is 25.6 Å². The molecule has 7 heteroatoms. The molecule has 0 unspecified atom stereocenters. The Morgan fingerprint density at radius 3 is 2.71 bits per heavy atom. The lowest BCUT2D eigenvalue weighted by Gasteiger charge is -2.12. The Labute approximate surface area is 174 Å². The third-order valence-corrected chi connectivity index (χ3v) is 6.14. The summed E-state index contributed by atoms with van der Waals surface area (Å²) in [5.41, 5.74) is 3.69. The summed E-state index contributed by atoms with van der Waals surface area (Å²) in [5, 5.41) is 4.92. The van der Waals surface area contributed by atoms with Crippen LogP contribution in [0.3, 0.4) is 0 Å². The molecule has 0 fully saturated rings. The molecule has 0 saturated heterocycles. The number of esters is 1. The van der Waals surface area contributed by atoms with Crippen molar-refractivity contribution >= 4 is 44.8 Å². The molecule has 1 aliphatic heterocycles. The minimum absolute atomic E-state index is 0.247. The van der Waals surface area contributed by atoms with Crippen molar-refractivity contribution in [3.05, 3.63) is 69.0 Å². The molecule has 2 heterocycles. The smallest absolute Gasteiger partial charge is 0.337 e. The van der Waals surface area contributed by atoms with Crippen molar-refractivity contribution in [1.82, 2.24) is 0 Å². The van der Waals surface area contributed by atoms with Gasteiger partial charge >= 0.3 is 5.97 Å². The number of carbonyl (C=O) groups is 2. The highest BCUT2D eigenvalue weighted by Gasteiger charge is 2.21. The largest absolute Gasteiger partial charge is 0.493 e. The first-order valence-corrected chi connectivity index (χ1v) is 10.3. The monoisotopic (exact) mass is 457 g/mol. The molecule has 0 spiro atoms. The first-order chi connectivity index (χ1) is 13.6. The van der Waals surface area contributed by atoms with Gasteiger partial charge in [0.2, 0.25) is 0 Å². The lowest BCUT2D eigenvalue weighted by Crippen LogP contribution is -2.13. The van der Waals surface area contributed by atoms with Gasteiger partial charge in [-0.2, -0.15) is 0 Å². The number of rotatable bonds is 3. The maximum absolute atomic E-state index is 12.9. The molecule has 28 heavy (non-hydrogen) atoms. The minimum atomic E-state index is -0.418.